The molecule has 1 N–H and O–H groups in total. The lowest BCUT2D eigenvalue weighted by atomic mass is 10.2. The number of rotatable bonds is 2. The number of aryl methyl sites for hydroxylation is 1. The summed E-state index contributed by atoms with van der Waals surface area (Å²) in [5, 5.41) is 6.78. The molecule has 0 aliphatic carbocycles. The number of hydrogen-bond acceptors (Lipinski definition) is 4. The maximum Gasteiger partial charge on any atom is 0.410 e. The Kier molecular flexibility index (Phi) is 4.20. The van der Waals surface area contributed by atoms with Crippen LogP contribution in [0.15, 0.2) is 12.4 Å². The van der Waals surface area contributed by atoms with Crippen LogP contribution in [0, 0.1) is 0 Å². The third kappa shape index (κ3) is 3.96. The zero-order valence-electron chi connectivity index (χ0n) is 12.9. The molecule has 0 saturated carbocycles. The molecule has 1 atom stereocenters. The normalized spacial score (nSPS) is 18.7. The van der Waals surface area contributed by atoms with Crippen molar-refractivity contribution < 1.29 is 14.3 Å². The van der Waals surface area contributed by atoms with Crippen molar-refractivity contribution in [2.75, 3.05) is 11.9 Å². The number of nitrogens with one attached hydrogen (secondary N) is 1. The molecule has 0 bridgehead atoms. The molecule has 1 aliphatic rings. The summed E-state index contributed by atoms with van der Waals surface area (Å²) in [6.07, 6.45) is 4.29. The molecule has 0 aromatic carbocycles. The standard InChI is InChI=1S/C14H22N4O3/c1-14(2,3)21-13(20)18-7-5-6-11(18)12(19)16-10-8-15-17(4)9-10/h8-9,11H,5-7H2,1-4H3,(H,16,19)/t11-/m1/s1. The lowest BCUT2D eigenvalue weighted by Gasteiger charge is -2.27. The molecule has 1 aromatic heterocycles. The van der Waals surface area contributed by atoms with Gasteiger partial charge >= 0.3 is 6.09 Å². The fourth-order valence-corrected chi connectivity index (χ4v) is 2.29. The van der Waals surface area contributed by atoms with Crippen molar-refractivity contribution in [2.45, 2.75) is 45.3 Å². The van der Waals surface area contributed by atoms with Crippen LogP contribution < -0.4 is 5.32 Å². The largest absolute Gasteiger partial charge is 0.444 e. The average Bonchev–Trinajstić information content (AvgIpc) is 2.95. The Morgan fingerprint density at radius 1 is 1.43 bits per heavy atom. The number of aromatic nitrogens is 2. The highest BCUT2D eigenvalue weighted by atomic mass is 16.6. The van der Waals surface area contributed by atoms with Gasteiger partial charge in [-0.15, -0.1) is 0 Å². The molecule has 2 heterocycles. The van der Waals surface area contributed by atoms with E-state index in [4.69, 9.17) is 4.74 Å². The zero-order valence-corrected chi connectivity index (χ0v) is 12.9. The summed E-state index contributed by atoms with van der Waals surface area (Å²) in [4.78, 5) is 25.9. The SMILES string of the molecule is Cn1cc(NC(=O)[C@H]2CCCN2C(=O)OC(C)(C)C)cn1. The third-order valence-corrected chi connectivity index (χ3v) is 3.16. The first kappa shape index (κ1) is 15.3. The molecule has 0 spiro atoms. The molecule has 1 fully saturated rings. The van der Waals surface area contributed by atoms with E-state index in [1.165, 1.54) is 4.90 Å². The van der Waals surface area contributed by atoms with E-state index in [0.29, 0.717) is 18.7 Å². The van der Waals surface area contributed by atoms with Gasteiger partial charge in [0.2, 0.25) is 5.91 Å². The monoisotopic (exact) mass is 294 g/mol. The minimum Gasteiger partial charge on any atom is -0.444 e. The molecule has 2 amide bonds. The molecule has 116 valence electrons. The molecule has 1 aromatic rings. The molecular formula is C14H22N4O3. The Balaban J connectivity index is 2.00. The summed E-state index contributed by atoms with van der Waals surface area (Å²) in [5.74, 6) is -0.202. The summed E-state index contributed by atoms with van der Waals surface area (Å²) in [7, 11) is 1.78. The number of hydrogen-bond donors (Lipinski definition) is 1. The van der Waals surface area contributed by atoms with Crippen LogP contribution in [0.1, 0.15) is 33.6 Å². The van der Waals surface area contributed by atoms with Crippen LogP contribution in [0.4, 0.5) is 10.5 Å². The van der Waals surface area contributed by atoms with Gasteiger partial charge in [-0.1, -0.05) is 0 Å². The van der Waals surface area contributed by atoms with Gasteiger partial charge in [0.15, 0.2) is 0 Å². The topological polar surface area (TPSA) is 76.5 Å². The van der Waals surface area contributed by atoms with Gasteiger partial charge in [0.25, 0.3) is 0 Å². The predicted molar refractivity (Wildman–Crippen MR) is 77.8 cm³/mol. The number of carbonyl (C=O) groups excluding carboxylic acids is 2. The van der Waals surface area contributed by atoms with Crippen LogP contribution in [-0.4, -0.2) is 44.9 Å². The summed E-state index contributed by atoms with van der Waals surface area (Å²) < 4.78 is 6.95. The number of ether oxygens (including phenoxy) is 1. The van der Waals surface area contributed by atoms with Crippen LogP contribution in [0.5, 0.6) is 0 Å². The van der Waals surface area contributed by atoms with Crippen LogP contribution in [0.25, 0.3) is 0 Å². The molecule has 7 heteroatoms. The van der Waals surface area contributed by atoms with Gasteiger partial charge in [0.05, 0.1) is 11.9 Å². The van der Waals surface area contributed by atoms with Gasteiger partial charge in [0.1, 0.15) is 11.6 Å². The van der Waals surface area contributed by atoms with E-state index in [-0.39, 0.29) is 5.91 Å². The van der Waals surface area contributed by atoms with Gasteiger partial charge in [-0.05, 0) is 33.6 Å². The highest BCUT2D eigenvalue weighted by Crippen LogP contribution is 2.22. The summed E-state index contributed by atoms with van der Waals surface area (Å²) in [6.45, 7) is 5.98. The number of nitrogens with zero attached hydrogens (tertiary/aromatic N) is 3. The van der Waals surface area contributed by atoms with Crippen LogP contribution in [0.2, 0.25) is 0 Å². The quantitative estimate of drug-likeness (QED) is 0.901. The minimum atomic E-state index is -0.565. The Bertz CT molecular complexity index is 533. The molecule has 0 radical (unpaired) electrons. The fraction of sp³-hybridized carbons (Fsp3) is 0.643. The highest BCUT2D eigenvalue weighted by molar-refractivity contribution is 5.96. The average molecular weight is 294 g/mol. The van der Waals surface area contributed by atoms with E-state index in [1.807, 2.05) is 20.8 Å². The minimum absolute atomic E-state index is 0.202. The highest BCUT2D eigenvalue weighted by Gasteiger charge is 2.36. The van der Waals surface area contributed by atoms with Crippen LogP contribution >= 0.6 is 0 Å². The summed E-state index contributed by atoms with van der Waals surface area (Å²) in [6, 6.07) is -0.486. The Labute approximate surface area is 124 Å². The maximum absolute atomic E-state index is 12.3. The van der Waals surface area contributed by atoms with Crippen LogP contribution in [-0.2, 0) is 16.6 Å². The second-order valence-corrected chi connectivity index (χ2v) is 6.22. The van der Waals surface area contributed by atoms with E-state index in [1.54, 1.807) is 24.1 Å². The summed E-state index contributed by atoms with van der Waals surface area (Å²) >= 11 is 0. The van der Waals surface area contributed by atoms with Gasteiger partial charge in [-0.25, -0.2) is 4.79 Å². The second kappa shape index (κ2) is 5.75. The molecule has 21 heavy (non-hydrogen) atoms. The van der Waals surface area contributed by atoms with Gasteiger partial charge < -0.3 is 10.1 Å². The first-order valence-corrected chi connectivity index (χ1v) is 7.05. The van der Waals surface area contributed by atoms with Gasteiger partial charge in [-0.2, -0.15) is 5.10 Å². The first-order valence-electron chi connectivity index (χ1n) is 7.05. The van der Waals surface area contributed by atoms with Crippen molar-refractivity contribution in [1.82, 2.24) is 14.7 Å². The smallest absolute Gasteiger partial charge is 0.410 e. The Hall–Kier alpha value is -2.05. The lowest BCUT2D eigenvalue weighted by Crippen LogP contribution is -2.45. The molecule has 1 saturated heterocycles. The van der Waals surface area contributed by atoms with E-state index in [0.717, 1.165) is 6.42 Å². The number of carbonyl (C=O) groups is 2. The van der Waals surface area contributed by atoms with E-state index in [9.17, 15) is 9.59 Å². The second-order valence-electron chi connectivity index (χ2n) is 6.22. The van der Waals surface area contributed by atoms with Crippen molar-refractivity contribution in [3.8, 4) is 0 Å². The fourth-order valence-electron chi connectivity index (χ4n) is 2.29. The molecule has 7 nitrogen and oxygen atoms in total. The zero-order chi connectivity index (χ0) is 15.6. The Morgan fingerprint density at radius 3 is 2.71 bits per heavy atom. The molecule has 2 rings (SSSR count). The maximum atomic E-state index is 12.3. The lowest BCUT2D eigenvalue weighted by molar-refractivity contribution is -0.120. The first-order chi connectivity index (χ1) is 9.76. The van der Waals surface area contributed by atoms with Crippen molar-refractivity contribution in [2.24, 2.45) is 7.05 Å². The van der Waals surface area contributed by atoms with Gasteiger partial charge in [0, 0.05) is 19.8 Å². The van der Waals surface area contributed by atoms with Crippen molar-refractivity contribution >= 4 is 17.7 Å². The molecule has 1 aliphatic heterocycles. The number of amides is 2. The number of likely N-dealkylation sites (tertiary alicyclic amines) is 1. The van der Waals surface area contributed by atoms with Crippen molar-refractivity contribution in [3.05, 3.63) is 12.4 Å². The van der Waals surface area contributed by atoms with E-state index >= 15 is 0 Å². The van der Waals surface area contributed by atoms with Crippen molar-refractivity contribution in [1.29, 1.82) is 0 Å². The summed E-state index contributed by atoms with van der Waals surface area (Å²) in [5.41, 5.74) is 0.0582. The Morgan fingerprint density at radius 2 is 2.14 bits per heavy atom. The van der Waals surface area contributed by atoms with Gasteiger partial charge in [-0.3, -0.25) is 14.4 Å². The predicted octanol–water partition coefficient (Wildman–Crippen LogP) is 1.76. The number of anilines is 1. The van der Waals surface area contributed by atoms with E-state index < -0.39 is 17.7 Å². The molecular weight excluding hydrogens is 272 g/mol. The molecule has 0 unspecified atom stereocenters. The van der Waals surface area contributed by atoms with Crippen molar-refractivity contribution in [3.63, 3.8) is 0 Å². The third-order valence-electron chi connectivity index (χ3n) is 3.16. The van der Waals surface area contributed by atoms with Crippen LogP contribution in [0.3, 0.4) is 0 Å². The van der Waals surface area contributed by atoms with E-state index in [2.05, 4.69) is 10.4 Å².